The fourth-order valence-corrected chi connectivity index (χ4v) is 3.62. The van der Waals surface area contributed by atoms with Crippen molar-refractivity contribution >= 4 is 17.3 Å². The van der Waals surface area contributed by atoms with Crippen molar-refractivity contribution in [1.82, 2.24) is 20.5 Å². The normalized spacial score (nSPS) is 19.6. The third-order valence-electron chi connectivity index (χ3n) is 4.18. The number of rotatable bonds is 6. The van der Waals surface area contributed by atoms with E-state index in [0.717, 1.165) is 37.7 Å². The van der Waals surface area contributed by atoms with Crippen molar-refractivity contribution in [3.63, 3.8) is 0 Å². The highest BCUT2D eigenvalue weighted by Gasteiger charge is 2.20. The minimum absolute atomic E-state index is 0.597. The summed E-state index contributed by atoms with van der Waals surface area (Å²) in [4.78, 5) is 13.0. The maximum atomic E-state index is 4.74. The minimum atomic E-state index is 0.597. The molecule has 22 heavy (non-hydrogen) atoms. The minimum Gasteiger partial charge on any atom is -0.357 e. The van der Waals surface area contributed by atoms with Crippen LogP contribution < -0.4 is 10.6 Å². The number of aliphatic imine (C=N–C) groups is 1. The standard InChI is InChI=1S/C16H29N5S/c1-5-17-16(19-11-14-7-6-10-21(14)4)18-9-8-15-20-12(2)13(3)22-15/h14H,5-11H2,1-4H3,(H2,17,18,19). The number of aryl methyl sites for hydroxylation is 2. The molecule has 0 amide bonds. The maximum Gasteiger partial charge on any atom is 0.191 e. The van der Waals surface area contributed by atoms with E-state index in [9.17, 15) is 0 Å². The van der Waals surface area contributed by atoms with Gasteiger partial charge >= 0.3 is 0 Å². The molecule has 1 saturated heterocycles. The summed E-state index contributed by atoms with van der Waals surface area (Å²) in [5.74, 6) is 0.924. The molecule has 1 unspecified atom stereocenters. The number of aromatic nitrogens is 1. The fraction of sp³-hybridized carbons (Fsp3) is 0.750. The molecule has 0 spiro atoms. The highest BCUT2D eigenvalue weighted by Crippen LogP contribution is 2.16. The summed E-state index contributed by atoms with van der Waals surface area (Å²) in [7, 11) is 2.20. The zero-order chi connectivity index (χ0) is 15.9. The summed E-state index contributed by atoms with van der Waals surface area (Å²) < 4.78 is 0. The van der Waals surface area contributed by atoms with Crippen LogP contribution in [0.5, 0.6) is 0 Å². The van der Waals surface area contributed by atoms with Gasteiger partial charge in [0.25, 0.3) is 0 Å². The average molecular weight is 324 g/mol. The molecule has 1 aliphatic heterocycles. The van der Waals surface area contributed by atoms with Crippen molar-refractivity contribution in [3.8, 4) is 0 Å². The van der Waals surface area contributed by atoms with Crippen LogP contribution >= 0.6 is 11.3 Å². The fourth-order valence-electron chi connectivity index (χ4n) is 2.68. The van der Waals surface area contributed by atoms with Gasteiger partial charge < -0.3 is 15.5 Å². The molecule has 0 saturated carbocycles. The Hall–Kier alpha value is -1.14. The van der Waals surface area contributed by atoms with Crippen molar-refractivity contribution < 1.29 is 0 Å². The average Bonchev–Trinajstić information content (AvgIpc) is 3.02. The Labute approximate surface area is 138 Å². The van der Waals surface area contributed by atoms with Gasteiger partial charge in [0.2, 0.25) is 0 Å². The molecule has 1 aliphatic rings. The number of likely N-dealkylation sites (N-methyl/N-ethyl adjacent to an activating group) is 1. The van der Waals surface area contributed by atoms with Gasteiger partial charge in [-0.3, -0.25) is 4.99 Å². The molecule has 1 fully saturated rings. The molecule has 0 aliphatic carbocycles. The van der Waals surface area contributed by atoms with Crippen molar-refractivity contribution in [2.75, 3.05) is 33.2 Å². The van der Waals surface area contributed by atoms with Gasteiger partial charge in [0, 0.05) is 30.4 Å². The van der Waals surface area contributed by atoms with E-state index in [-0.39, 0.29) is 0 Å². The number of hydrogen-bond donors (Lipinski definition) is 2. The second-order valence-corrected chi connectivity index (χ2v) is 7.21. The van der Waals surface area contributed by atoms with Gasteiger partial charge in [0.1, 0.15) is 0 Å². The SMILES string of the molecule is CCNC(=NCC1CCCN1C)NCCc1nc(C)c(C)s1. The molecule has 5 nitrogen and oxygen atoms in total. The molecule has 0 radical (unpaired) electrons. The first-order valence-electron chi connectivity index (χ1n) is 8.25. The molecule has 0 bridgehead atoms. The lowest BCUT2D eigenvalue weighted by Gasteiger charge is -2.18. The number of thiazole rings is 1. The summed E-state index contributed by atoms with van der Waals surface area (Å²) in [6.07, 6.45) is 3.51. The lowest BCUT2D eigenvalue weighted by molar-refractivity contribution is 0.317. The lowest BCUT2D eigenvalue weighted by Crippen LogP contribution is -2.39. The number of guanidine groups is 1. The topological polar surface area (TPSA) is 52.6 Å². The Bertz CT molecular complexity index is 477. The number of likely N-dealkylation sites (tertiary alicyclic amines) is 1. The monoisotopic (exact) mass is 323 g/mol. The molecule has 1 aromatic rings. The highest BCUT2D eigenvalue weighted by molar-refractivity contribution is 7.11. The second kappa shape index (κ2) is 8.48. The Morgan fingerprint density at radius 1 is 1.41 bits per heavy atom. The van der Waals surface area contributed by atoms with Gasteiger partial charge in [-0.05, 0) is 47.2 Å². The third kappa shape index (κ3) is 4.95. The smallest absolute Gasteiger partial charge is 0.191 e. The quantitative estimate of drug-likeness (QED) is 0.621. The maximum absolute atomic E-state index is 4.74. The molecular weight excluding hydrogens is 294 g/mol. The zero-order valence-corrected chi connectivity index (χ0v) is 15.1. The predicted octanol–water partition coefficient (Wildman–Crippen LogP) is 1.95. The van der Waals surface area contributed by atoms with Crippen molar-refractivity contribution in [3.05, 3.63) is 15.6 Å². The van der Waals surface area contributed by atoms with Crippen LogP contribution in [0.25, 0.3) is 0 Å². The van der Waals surface area contributed by atoms with Crippen LogP contribution in [0, 0.1) is 13.8 Å². The Balaban J connectivity index is 1.80. The second-order valence-electron chi connectivity index (χ2n) is 5.92. The highest BCUT2D eigenvalue weighted by atomic mass is 32.1. The molecule has 2 rings (SSSR count). The Morgan fingerprint density at radius 3 is 2.82 bits per heavy atom. The van der Waals surface area contributed by atoms with E-state index < -0.39 is 0 Å². The molecular formula is C16H29N5S. The van der Waals surface area contributed by atoms with Gasteiger partial charge in [-0.25, -0.2) is 4.98 Å². The van der Waals surface area contributed by atoms with Gasteiger partial charge in [-0.15, -0.1) is 11.3 Å². The van der Waals surface area contributed by atoms with Crippen molar-refractivity contribution in [2.24, 2.45) is 4.99 Å². The van der Waals surface area contributed by atoms with Crippen molar-refractivity contribution in [1.29, 1.82) is 0 Å². The molecule has 1 atom stereocenters. The molecule has 6 heteroatoms. The summed E-state index contributed by atoms with van der Waals surface area (Å²) in [5, 5.41) is 7.95. The van der Waals surface area contributed by atoms with E-state index in [1.165, 1.54) is 29.3 Å². The van der Waals surface area contributed by atoms with E-state index in [2.05, 4.69) is 48.3 Å². The Morgan fingerprint density at radius 2 is 2.23 bits per heavy atom. The largest absolute Gasteiger partial charge is 0.357 e. The summed E-state index contributed by atoms with van der Waals surface area (Å²) in [6, 6.07) is 0.597. The molecule has 0 aromatic carbocycles. The lowest BCUT2D eigenvalue weighted by atomic mass is 10.2. The van der Waals surface area contributed by atoms with Crippen molar-refractivity contribution in [2.45, 2.75) is 46.1 Å². The molecule has 1 aromatic heterocycles. The Kier molecular flexibility index (Phi) is 6.64. The van der Waals surface area contributed by atoms with Crippen LogP contribution in [0.15, 0.2) is 4.99 Å². The third-order valence-corrected chi connectivity index (χ3v) is 5.31. The number of nitrogens with one attached hydrogen (secondary N) is 2. The van der Waals surface area contributed by atoms with E-state index in [1.807, 2.05) is 0 Å². The molecule has 2 heterocycles. The summed E-state index contributed by atoms with van der Waals surface area (Å²) in [5.41, 5.74) is 1.16. The van der Waals surface area contributed by atoms with Gasteiger partial charge in [0.05, 0.1) is 17.2 Å². The number of nitrogens with zero attached hydrogens (tertiary/aromatic N) is 3. The van der Waals surface area contributed by atoms with Crippen LogP contribution in [0.1, 0.15) is 35.3 Å². The first-order chi connectivity index (χ1) is 10.6. The molecule has 124 valence electrons. The van der Waals surface area contributed by atoms with Gasteiger partial charge in [-0.2, -0.15) is 0 Å². The first kappa shape index (κ1) is 17.2. The van der Waals surface area contributed by atoms with E-state index in [0.29, 0.717) is 6.04 Å². The van der Waals surface area contributed by atoms with E-state index in [1.54, 1.807) is 11.3 Å². The summed E-state index contributed by atoms with van der Waals surface area (Å²) >= 11 is 1.80. The zero-order valence-electron chi connectivity index (χ0n) is 14.3. The van der Waals surface area contributed by atoms with Gasteiger partial charge in [-0.1, -0.05) is 0 Å². The number of hydrogen-bond acceptors (Lipinski definition) is 4. The van der Waals surface area contributed by atoms with Gasteiger partial charge in [0.15, 0.2) is 5.96 Å². The van der Waals surface area contributed by atoms with Crippen LogP contribution in [0.4, 0.5) is 0 Å². The van der Waals surface area contributed by atoms with Crippen LogP contribution in [0.2, 0.25) is 0 Å². The first-order valence-corrected chi connectivity index (χ1v) is 9.07. The molecule has 2 N–H and O–H groups in total. The van der Waals surface area contributed by atoms with E-state index in [4.69, 9.17) is 4.99 Å². The summed E-state index contributed by atoms with van der Waals surface area (Å²) in [6.45, 7) is 10.2. The van der Waals surface area contributed by atoms with Crippen LogP contribution in [0.3, 0.4) is 0 Å². The van der Waals surface area contributed by atoms with Crippen LogP contribution in [-0.4, -0.2) is 55.1 Å². The van der Waals surface area contributed by atoms with E-state index >= 15 is 0 Å². The van der Waals surface area contributed by atoms with Crippen LogP contribution in [-0.2, 0) is 6.42 Å². The predicted molar refractivity (Wildman–Crippen MR) is 94.9 cm³/mol.